The fraction of sp³-hybridized carbons (Fsp3) is 0.176. The second-order valence-electron chi connectivity index (χ2n) is 5.66. The van der Waals surface area contributed by atoms with Gasteiger partial charge in [0.05, 0.1) is 22.5 Å². The maximum atomic E-state index is 12.2. The Morgan fingerprint density at radius 2 is 2.17 bits per heavy atom. The zero-order chi connectivity index (χ0) is 16.7. The van der Waals surface area contributed by atoms with Crippen molar-refractivity contribution in [3.63, 3.8) is 0 Å². The summed E-state index contributed by atoms with van der Waals surface area (Å²) in [6, 6.07) is 9.14. The number of anilines is 1. The number of nitrogens with one attached hydrogen (secondary N) is 1. The minimum Gasteiger partial charge on any atom is -0.467 e. The molecule has 0 radical (unpaired) electrons. The third-order valence-corrected chi connectivity index (χ3v) is 4.86. The van der Waals surface area contributed by atoms with Crippen LogP contribution in [-0.4, -0.2) is 15.7 Å². The molecule has 5 nitrogen and oxygen atoms in total. The number of nitrogens with zero attached hydrogens (tertiary/aromatic N) is 2. The first kappa shape index (κ1) is 15.3. The van der Waals surface area contributed by atoms with Gasteiger partial charge in [-0.15, -0.1) is 0 Å². The predicted octanol–water partition coefficient (Wildman–Crippen LogP) is 4.31. The van der Waals surface area contributed by atoms with E-state index in [1.54, 1.807) is 29.3 Å². The molecule has 24 heavy (non-hydrogen) atoms. The lowest BCUT2D eigenvalue weighted by atomic mass is 9.87. The van der Waals surface area contributed by atoms with E-state index >= 15 is 0 Å². The molecule has 1 N–H and O–H groups in total. The summed E-state index contributed by atoms with van der Waals surface area (Å²) >= 11 is 12.1. The van der Waals surface area contributed by atoms with Crippen LogP contribution < -0.4 is 5.32 Å². The van der Waals surface area contributed by atoms with E-state index in [1.807, 2.05) is 18.2 Å². The van der Waals surface area contributed by atoms with E-state index in [0.717, 1.165) is 16.9 Å². The molecule has 0 bridgehead atoms. The lowest BCUT2D eigenvalue weighted by molar-refractivity contribution is -0.116. The first-order valence-electron chi connectivity index (χ1n) is 7.44. The average molecular weight is 362 g/mol. The number of hydrogen-bond donors (Lipinski definition) is 1. The number of aromatic nitrogens is 2. The Balaban J connectivity index is 1.73. The lowest BCUT2D eigenvalue weighted by Gasteiger charge is -2.24. The summed E-state index contributed by atoms with van der Waals surface area (Å²) in [5.74, 6) is 1.30. The SMILES string of the molecule is O=C1C[C@@H](c2ccc(Cl)c(Cl)c2)c2cnn(Cc3ccco3)c2N1. The number of rotatable bonds is 3. The highest BCUT2D eigenvalue weighted by atomic mass is 35.5. The van der Waals surface area contributed by atoms with Crippen LogP contribution in [0.4, 0.5) is 5.82 Å². The molecule has 3 heterocycles. The van der Waals surface area contributed by atoms with Gasteiger partial charge in [-0.05, 0) is 29.8 Å². The van der Waals surface area contributed by atoms with Crippen molar-refractivity contribution in [3.8, 4) is 0 Å². The number of halogens is 2. The van der Waals surface area contributed by atoms with Crippen LogP contribution in [0.5, 0.6) is 0 Å². The highest BCUT2D eigenvalue weighted by Crippen LogP contribution is 2.38. The second-order valence-corrected chi connectivity index (χ2v) is 6.48. The van der Waals surface area contributed by atoms with E-state index in [1.165, 1.54) is 0 Å². The maximum absolute atomic E-state index is 12.2. The fourth-order valence-electron chi connectivity index (χ4n) is 2.97. The molecule has 0 spiro atoms. The molecule has 0 saturated heterocycles. The zero-order valence-corrected chi connectivity index (χ0v) is 14.0. The summed E-state index contributed by atoms with van der Waals surface area (Å²) in [6.07, 6.45) is 3.74. The van der Waals surface area contributed by atoms with Crippen LogP contribution >= 0.6 is 23.2 Å². The number of benzene rings is 1. The molecular weight excluding hydrogens is 349 g/mol. The minimum atomic E-state index is -0.103. The Morgan fingerprint density at radius 3 is 2.92 bits per heavy atom. The molecule has 3 aromatic rings. The maximum Gasteiger partial charge on any atom is 0.226 e. The summed E-state index contributed by atoms with van der Waals surface area (Å²) in [6.45, 7) is 0.455. The Kier molecular flexibility index (Phi) is 3.82. The van der Waals surface area contributed by atoms with Gasteiger partial charge >= 0.3 is 0 Å². The monoisotopic (exact) mass is 361 g/mol. The van der Waals surface area contributed by atoms with E-state index < -0.39 is 0 Å². The minimum absolute atomic E-state index is 0.0558. The van der Waals surface area contributed by atoms with E-state index in [9.17, 15) is 4.79 Å². The Bertz CT molecular complexity index is 903. The van der Waals surface area contributed by atoms with Gasteiger partial charge in [0.15, 0.2) is 0 Å². The fourth-order valence-corrected chi connectivity index (χ4v) is 3.27. The molecule has 0 saturated carbocycles. The Morgan fingerprint density at radius 1 is 1.29 bits per heavy atom. The van der Waals surface area contributed by atoms with Crippen LogP contribution in [0.1, 0.15) is 29.2 Å². The van der Waals surface area contributed by atoms with E-state index in [4.69, 9.17) is 27.6 Å². The zero-order valence-electron chi connectivity index (χ0n) is 12.5. The normalized spacial score (nSPS) is 16.8. The average Bonchev–Trinajstić information content (AvgIpc) is 3.20. The van der Waals surface area contributed by atoms with Crippen molar-refractivity contribution >= 4 is 34.9 Å². The van der Waals surface area contributed by atoms with Crippen LogP contribution in [0.2, 0.25) is 10.0 Å². The van der Waals surface area contributed by atoms with Gasteiger partial charge in [-0.25, -0.2) is 4.68 Å². The number of carbonyl (C=O) groups excluding carboxylic acids is 1. The van der Waals surface area contributed by atoms with Crippen molar-refractivity contribution in [2.45, 2.75) is 18.9 Å². The first-order valence-corrected chi connectivity index (χ1v) is 8.20. The van der Waals surface area contributed by atoms with Crippen molar-refractivity contribution < 1.29 is 9.21 Å². The Labute approximate surface area is 148 Å². The first-order chi connectivity index (χ1) is 11.6. The number of furan rings is 1. The van der Waals surface area contributed by atoms with Crippen LogP contribution in [0.25, 0.3) is 0 Å². The molecule has 0 aliphatic carbocycles. The van der Waals surface area contributed by atoms with Crippen molar-refractivity contribution in [2.24, 2.45) is 0 Å². The topological polar surface area (TPSA) is 60.1 Å². The van der Waals surface area contributed by atoms with Crippen molar-refractivity contribution in [1.82, 2.24) is 9.78 Å². The number of hydrogen-bond acceptors (Lipinski definition) is 3. The molecule has 1 aliphatic rings. The van der Waals surface area contributed by atoms with Gasteiger partial charge in [0.2, 0.25) is 5.91 Å². The van der Waals surface area contributed by atoms with Crippen molar-refractivity contribution in [1.29, 1.82) is 0 Å². The van der Waals surface area contributed by atoms with Gasteiger partial charge in [0.1, 0.15) is 18.1 Å². The summed E-state index contributed by atoms with van der Waals surface area (Å²) in [4.78, 5) is 12.2. The summed E-state index contributed by atoms with van der Waals surface area (Å²) in [5.41, 5.74) is 1.90. The van der Waals surface area contributed by atoms with Crippen molar-refractivity contribution in [3.05, 3.63) is 69.7 Å². The van der Waals surface area contributed by atoms with Gasteiger partial charge in [0, 0.05) is 17.9 Å². The molecule has 1 atom stereocenters. The molecular formula is C17H13Cl2N3O2. The van der Waals surface area contributed by atoms with Gasteiger partial charge in [-0.3, -0.25) is 4.79 Å². The molecule has 0 unspecified atom stereocenters. The molecule has 0 fully saturated rings. The van der Waals surface area contributed by atoms with E-state index in [-0.39, 0.29) is 11.8 Å². The van der Waals surface area contributed by atoms with Gasteiger partial charge < -0.3 is 9.73 Å². The molecule has 2 aromatic heterocycles. The predicted molar refractivity (Wildman–Crippen MR) is 91.6 cm³/mol. The quantitative estimate of drug-likeness (QED) is 0.756. The second kappa shape index (κ2) is 6.00. The van der Waals surface area contributed by atoms with Crippen LogP contribution in [0.15, 0.2) is 47.2 Å². The number of amides is 1. The molecule has 1 aliphatic heterocycles. The molecule has 1 aromatic carbocycles. The third kappa shape index (κ3) is 2.70. The summed E-state index contributed by atoms with van der Waals surface area (Å²) in [5, 5.41) is 8.28. The van der Waals surface area contributed by atoms with Crippen LogP contribution in [0, 0.1) is 0 Å². The van der Waals surface area contributed by atoms with Crippen LogP contribution in [-0.2, 0) is 11.3 Å². The largest absolute Gasteiger partial charge is 0.467 e. The van der Waals surface area contributed by atoms with E-state index in [0.29, 0.717) is 28.8 Å². The molecule has 122 valence electrons. The molecule has 7 heteroatoms. The number of carbonyl (C=O) groups is 1. The summed E-state index contributed by atoms with van der Waals surface area (Å²) in [7, 11) is 0. The standard InChI is InChI=1S/C17H13Cl2N3O2/c18-14-4-3-10(6-15(14)19)12-7-16(23)21-17-13(12)8-20-22(17)9-11-2-1-5-24-11/h1-6,8,12H,7,9H2,(H,21,23)/t12-/m0/s1. The van der Waals surface area contributed by atoms with Gasteiger partial charge in [0.25, 0.3) is 0 Å². The number of fused-ring (bicyclic) bond motifs is 1. The smallest absolute Gasteiger partial charge is 0.226 e. The molecule has 4 rings (SSSR count). The Hall–Kier alpha value is -2.24. The van der Waals surface area contributed by atoms with Crippen LogP contribution in [0.3, 0.4) is 0 Å². The van der Waals surface area contributed by atoms with E-state index in [2.05, 4.69) is 10.4 Å². The van der Waals surface area contributed by atoms with Gasteiger partial charge in [-0.2, -0.15) is 5.10 Å². The highest BCUT2D eigenvalue weighted by Gasteiger charge is 2.30. The third-order valence-electron chi connectivity index (χ3n) is 4.12. The molecule has 1 amide bonds. The lowest BCUT2D eigenvalue weighted by Crippen LogP contribution is -2.25. The van der Waals surface area contributed by atoms with Gasteiger partial charge in [-0.1, -0.05) is 29.3 Å². The van der Waals surface area contributed by atoms with Crippen molar-refractivity contribution in [2.75, 3.05) is 5.32 Å². The summed E-state index contributed by atoms with van der Waals surface area (Å²) < 4.78 is 7.09. The highest BCUT2D eigenvalue weighted by molar-refractivity contribution is 6.42.